The molecule has 2 N–H and O–H groups in total. The summed E-state index contributed by atoms with van der Waals surface area (Å²) in [4.78, 5) is 0. The van der Waals surface area contributed by atoms with Crippen LogP contribution in [0.15, 0.2) is 30.3 Å². The first-order valence-corrected chi connectivity index (χ1v) is 6.19. The Bertz CT molecular complexity index is 479. The summed E-state index contributed by atoms with van der Waals surface area (Å²) in [6, 6.07) is 9.76. The fourth-order valence-electron chi connectivity index (χ4n) is 1.66. The summed E-state index contributed by atoms with van der Waals surface area (Å²) in [6.07, 6.45) is 1.13. The van der Waals surface area contributed by atoms with E-state index in [0.717, 1.165) is 41.5 Å². The molecule has 4 heteroatoms. The first-order chi connectivity index (χ1) is 8.31. The van der Waals surface area contributed by atoms with Crippen LogP contribution in [0.4, 0.5) is 0 Å². The van der Waals surface area contributed by atoms with Crippen LogP contribution < -0.4 is 5.32 Å². The second kappa shape index (κ2) is 5.84. The molecule has 0 saturated carbocycles. The molecule has 0 amide bonds. The number of aromatic amines is 1. The summed E-state index contributed by atoms with van der Waals surface area (Å²) in [5.74, 6) is 0. The second-order valence-electron chi connectivity index (χ2n) is 3.94. The van der Waals surface area contributed by atoms with E-state index in [-0.39, 0.29) is 0 Å². The molecule has 0 fully saturated rings. The molecule has 90 valence electrons. The zero-order valence-electron chi connectivity index (χ0n) is 9.83. The lowest BCUT2D eigenvalue weighted by molar-refractivity contribution is 0.662. The van der Waals surface area contributed by atoms with Gasteiger partial charge in [-0.05, 0) is 25.1 Å². The molecule has 0 unspecified atom stereocenters. The van der Waals surface area contributed by atoms with Crippen LogP contribution in [0.2, 0.25) is 5.02 Å². The summed E-state index contributed by atoms with van der Waals surface area (Å²) in [7, 11) is 0. The average molecular weight is 250 g/mol. The van der Waals surface area contributed by atoms with Gasteiger partial charge in [-0.3, -0.25) is 5.10 Å². The predicted octanol–water partition coefficient (Wildman–Crippen LogP) is 3.23. The fraction of sp³-hybridized carbons (Fsp3) is 0.308. The van der Waals surface area contributed by atoms with E-state index in [1.54, 1.807) is 0 Å². The lowest BCUT2D eigenvalue weighted by Gasteiger charge is -1.99. The van der Waals surface area contributed by atoms with E-state index in [0.29, 0.717) is 0 Å². The van der Waals surface area contributed by atoms with Crippen LogP contribution in [-0.4, -0.2) is 16.7 Å². The Morgan fingerprint density at radius 2 is 2.18 bits per heavy atom. The third-order valence-electron chi connectivity index (χ3n) is 2.52. The van der Waals surface area contributed by atoms with Crippen molar-refractivity contribution in [1.29, 1.82) is 0 Å². The topological polar surface area (TPSA) is 40.7 Å². The molecule has 0 bridgehead atoms. The molecule has 0 aliphatic rings. The van der Waals surface area contributed by atoms with Crippen molar-refractivity contribution < 1.29 is 0 Å². The number of hydrogen-bond acceptors (Lipinski definition) is 2. The summed E-state index contributed by atoms with van der Waals surface area (Å²) in [5.41, 5.74) is 2.93. The fourth-order valence-corrected chi connectivity index (χ4v) is 1.89. The van der Waals surface area contributed by atoms with Gasteiger partial charge in [-0.25, -0.2) is 0 Å². The first-order valence-electron chi connectivity index (χ1n) is 5.81. The summed E-state index contributed by atoms with van der Waals surface area (Å²) >= 11 is 6.13. The number of aromatic nitrogens is 2. The maximum atomic E-state index is 6.13. The smallest absolute Gasteiger partial charge is 0.0939 e. The van der Waals surface area contributed by atoms with Crippen LogP contribution in [0.5, 0.6) is 0 Å². The van der Waals surface area contributed by atoms with Gasteiger partial charge in [0.15, 0.2) is 0 Å². The molecule has 0 aliphatic carbocycles. The third kappa shape index (κ3) is 3.08. The summed E-state index contributed by atoms with van der Waals surface area (Å²) in [6.45, 7) is 3.97. The number of halogens is 1. The molecule has 0 aliphatic heterocycles. The maximum absolute atomic E-state index is 6.13. The zero-order valence-corrected chi connectivity index (χ0v) is 10.6. The van der Waals surface area contributed by atoms with Gasteiger partial charge in [-0.2, -0.15) is 5.10 Å². The number of benzene rings is 1. The van der Waals surface area contributed by atoms with Gasteiger partial charge in [-0.1, -0.05) is 36.7 Å². The molecule has 0 saturated heterocycles. The first kappa shape index (κ1) is 12.1. The molecule has 17 heavy (non-hydrogen) atoms. The van der Waals surface area contributed by atoms with Crippen LogP contribution in [0.1, 0.15) is 19.0 Å². The predicted molar refractivity (Wildman–Crippen MR) is 71.0 cm³/mol. The Balaban J connectivity index is 2.10. The molecule has 0 atom stereocenters. The Labute approximate surface area is 106 Å². The van der Waals surface area contributed by atoms with E-state index in [4.69, 9.17) is 11.6 Å². The highest BCUT2D eigenvalue weighted by molar-refractivity contribution is 6.33. The van der Waals surface area contributed by atoms with Crippen LogP contribution in [-0.2, 0) is 6.54 Å². The van der Waals surface area contributed by atoms with Gasteiger partial charge in [0.2, 0.25) is 0 Å². The van der Waals surface area contributed by atoms with Crippen molar-refractivity contribution in [2.45, 2.75) is 19.9 Å². The van der Waals surface area contributed by atoms with E-state index in [2.05, 4.69) is 22.4 Å². The molecule has 3 nitrogen and oxygen atoms in total. The number of rotatable bonds is 5. The Kier molecular flexibility index (Phi) is 4.18. The minimum absolute atomic E-state index is 0.729. The van der Waals surface area contributed by atoms with Gasteiger partial charge in [0.05, 0.1) is 10.7 Å². The van der Waals surface area contributed by atoms with E-state index < -0.39 is 0 Å². The van der Waals surface area contributed by atoms with Crippen molar-refractivity contribution in [2.75, 3.05) is 6.54 Å². The van der Waals surface area contributed by atoms with Crippen LogP contribution in [0.25, 0.3) is 11.3 Å². The van der Waals surface area contributed by atoms with Gasteiger partial charge in [0, 0.05) is 17.8 Å². The lowest BCUT2D eigenvalue weighted by Crippen LogP contribution is -2.13. The SMILES string of the molecule is CCCNCc1cc(-c2ccccc2Cl)n[nH]1. The van der Waals surface area contributed by atoms with E-state index >= 15 is 0 Å². The van der Waals surface area contributed by atoms with E-state index in [9.17, 15) is 0 Å². The molecule has 1 aromatic heterocycles. The number of H-pyrrole nitrogens is 1. The quantitative estimate of drug-likeness (QED) is 0.799. The highest BCUT2D eigenvalue weighted by Crippen LogP contribution is 2.25. The van der Waals surface area contributed by atoms with Gasteiger partial charge >= 0.3 is 0 Å². The van der Waals surface area contributed by atoms with Gasteiger partial charge in [0.25, 0.3) is 0 Å². The van der Waals surface area contributed by atoms with Crippen LogP contribution >= 0.6 is 11.6 Å². The number of nitrogens with zero attached hydrogens (tertiary/aromatic N) is 1. The standard InChI is InChI=1S/C13H16ClN3/c1-2-7-15-9-10-8-13(17-16-10)11-5-3-4-6-12(11)14/h3-6,8,15H,2,7,9H2,1H3,(H,16,17). The van der Waals surface area contributed by atoms with Crippen molar-refractivity contribution in [1.82, 2.24) is 15.5 Å². The average Bonchev–Trinajstić information content (AvgIpc) is 2.79. The van der Waals surface area contributed by atoms with Crippen molar-refractivity contribution in [3.63, 3.8) is 0 Å². The monoisotopic (exact) mass is 249 g/mol. The zero-order chi connectivity index (χ0) is 12.1. The van der Waals surface area contributed by atoms with Crippen LogP contribution in [0, 0.1) is 0 Å². The molecule has 0 radical (unpaired) electrons. The van der Waals surface area contributed by atoms with Gasteiger partial charge < -0.3 is 5.32 Å². The van der Waals surface area contributed by atoms with Crippen molar-refractivity contribution >= 4 is 11.6 Å². The van der Waals surface area contributed by atoms with Crippen molar-refractivity contribution in [3.8, 4) is 11.3 Å². The molecule has 2 rings (SSSR count). The van der Waals surface area contributed by atoms with Crippen LogP contribution in [0.3, 0.4) is 0 Å². The third-order valence-corrected chi connectivity index (χ3v) is 2.85. The molecular formula is C13H16ClN3. The largest absolute Gasteiger partial charge is 0.311 e. The maximum Gasteiger partial charge on any atom is 0.0939 e. The summed E-state index contributed by atoms with van der Waals surface area (Å²) in [5, 5.41) is 11.4. The summed E-state index contributed by atoms with van der Waals surface area (Å²) < 4.78 is 0. The minimum Gasteiger partial charge on any atom is -0.311 e. The Morgan fingerprint density at radius 1 is 1.35 bits per heavy atom. The van der Waals surface area contributed by atoms with Gasteiger partial charge in [0.1, 0.15) is 0 Å². The molecular weight excluding hydrogens is 234 g/mol. The van der Waals surface area contributed by atoms with E-state index in [1.165, 1.54) is 0 Å². The van der Waals surface area contributed by atoms with E-state index in [1.807, 2.05) is 30.3 Å². The molecule has 2 aromatic rings. The molecule has 0 spiro atoms. The Morgan fingerprint density at radius 3 is 2.94 bits per heavy atom. The highest BCUT2D eigenvalue weighted by atomic mass is 35.5. The second-order valence-corrected chi connectivity index (χ2v) is 4.34. The van der Waals surface area contributed by atoms with Gasteiger partial charge in [-0.15, -0.1) is 0 Å². The molecule has 1 aromatic carbocycles. The molecule has 1 heterocycles. The highest BCUT2D eigenvalue weighted by Gasteiger charge is 2.06. The number of nitrogens with one attached hydrogen (secondary N) is 2. The Hall–Kier alpha value is -1.32. The lowest BCUT2D eigenvalue weighted by atomic mass is 10.1. The normalized spacial score (nSPS) is 10.7. The van der Waals surface area contributed by atoms with Crippen molar-refractivity contribution in [2.24, 2.45) is 0 Å². The minimum atomic E-state index is 0.729. The van der Waals surface area contributed by atoms with Crippen molar-refractivity contribution in [3.05, 3.63) is 41.0 Å². The number of hydrogen-bond donors (Lipinski definition) is 2.